The van der Waals surface area contributed by atoms with E-state index in [2.05, 4.69) is 19.9 Å². The summed E-state index contributed by atoms with van der Waals surface area (Å²) < 4.78 is 53.9. The van der Waals surface area contributed by atoms with Gasteiger partial charge in [-0.2, -0.15) is 13.2 Å². The van der Waals surface area contributed by atoms with Crippen LogP contribution in [0.3, 0.4) is 0 Å². The van der Waals surface area contributed by atoms with Crippen molar-refractivity contribution in [3.05, 3.63) is 47.7 Å². The first-order valence-electron chi connectivity index (χ1n) is 10.8. The second kappa shape index (κ2) is 8.23. The Labute approximate surface area is 196 Å². The second-order valence-corrected chi connectivity index (χ2v) is 10.00. The number of hydrogen-bond donors (Lipinski definition) is 0. The fraction of sp³-hybridized carbons (Fsp3) is 0.348. The van der Waals surface area contributed by atoms with E-state index in [0.29, 0.717) is 45.0 Å². The maximum atomic E-state index is 13.1. The van der Waals surface area contributed by atoms with Crippen molar-refractivity contribution in [1.29, 1.82) is 0 Å². The van der Waals surface area contributed by atoms with Gasteiger partial charge in [0.2, 0.25) is 0 Å². The monoisotopic (exact) mass is 486 g/mol. The van der Waals surface area contributed by atoms with E-state index < -0.39 is 22.7 Å². The van der Waals surface area contributed by atoms with Crippen molar-refractivity contribution in [3.8, 4) is 22.9 Å². The van der Waals surface area contributed by atoms with Crippen LogP contribution in [-0.2, 0) is 24.0 Å². The maximum absolute atomic E-state index is 13.1. The van der Waals surface area contributed by atoms with Crippen LogP contribution >= 0.6 is 0 Å². The van der Waals surface area contributed by atoms with E-state index in [1.807, 2.05) is 13.0 Å². The third kappa shape index (κ3) is 4.08. The van der Waals surface area contributed by atoms with Gasteiger partial charge < -0.3 is 4.57 Å². The Morgan fingerprint density at radius 2 is 1.85 bits per heavy atom. The average Bonchev–Trinajstić information content (AvgIpc) is 3.61. The summed E-state index contributed by atoms with van der Waals surface area (Å²) in [6.07, 6.45) is 0.370. The highest BCUT2D eigenvalue weighted by Gasteiger charge is 2.33. The summed E-state index contributed by atoms with van der Waals surface area (Å²) in [6.45, 7) is 3.70. The summed E-state index contributed by atoms with van der Waals surface area (Å²) in [6, 6.07) is 4.63. The topological polar surface area (TPSA) is 86.4 Å². The summed E-state index contributed by atoms with van der Waals surface area (Å²) in [5.41, 5.74) is 2.34. The van der Waals surface area contributed by atoms with Crippen molar-refractivity contribution in [2.45, 2.75) is 43.7 Å². The zero-order valence-corrected chi connectivity index (χ0v) is 19.5. The number of halogens is 3. The van der Waals surface area contributed by atoms with Gasteiger partial charge in [-0.15, -0.1) is 0 Å². The van der Waals surface area contributed by atoms with E-state index in [4.69, 9.17) is 4.98 Å². The molecule has 1 aliphatic rings. The normalized spacial score (nSPS) is 15.1. The van der Waals surface area contributed by atoms with Crippen LogP contribution in [0.5, 0.6) is 0 Å². The second-order valence-electron chi connectivity index (χ2n) is 8.29. The number of rotatable bonds is 5. The van der Waals surface area contributed by atoms with Gasteiger partial charge in [-0.25, -0.2) is 19.9 Å². The van der Waals surface area contributed by atoms with Gasteiger partial charge in [-0.3, -0.25) is 9.19 Å². The third-order valence-electron chi connectivity index (χ3n) is 5.76. The van der Waals surface area contributed by atoms with Crippen molar-refractivity contribution < 1.29 is 17.4 Å². The van der Waals surface area contributed by atoms with Crippen molar-refractivity contribution in [1.82, 2.24) is 29.5 Å². The molecule has 0 aromatic carbocycles. The minimum absolute atomic E-state index is 0.134. The Kier molecular flexibility index (Phi) is 5.46. The predicted molar refractivity (Wildman–Crippen MR) is 121 cm³/mol. The minimum atomic E-state index is -4.58. The predicted octanol–water partition coefficient (Wildman–Crippen LogP) is 4.82. The number of aryl methyl sites for hydroxylation is 2. The lowest BCUT2D eigenvalue weighted by Gasteiger charge is -2.11. The summed E-state index contributed by atoms with van der Waals surface area (Å²) in [4.78, 5) is 22.1. The van der Waals surface area contributed by atoms with Crippen molar-refractivity contribution in [3.63, 3.8) is 0 Å². The molecule has 11 heteroatoms. The Morgan fingerprint density at radius 3 is 2.53 bits per heavy atom. The molecule has 0 spiro atoms. The van der Waals surface area contributed by atoms with Crippen LogP contribution in [0.25, 0.3) is 33.9 Å². The van der Waals surface area contributed by atoms with Gasteiger partial charge in [0, 0.05) is 41.9 Å². The number of nitrogens with zero attached hydrogens (tertiary/aromatic N) is 6. The van der Waals surface area contributed by atoms with Crippen LogP contribution in [0.2, 0.25) is 0 Å². The first-order chi connectivity index (χ1) is 16.2. The third-order valence-corrected chi connectivity index (χ3v) is 7.08. The number of fused-ring (bicyclic) bond motifs is 1. The lowest BCUT2D eigenvalue weighted by atomic mass is 10.2. The van der Waals surface area contributed by atoms with Gasteiger partial charge in [-0.05, 0) is 38.0 Å². The quantitative estimate of drug-likeness (QED) is 0.402. The lowest BCUT2D eigenvalue weighted by Crippen LogP contribution is -2.07. The summed E-state index contributed by atoms with van der Waals surface area (Å²) >= 11 is 0. The van der Waals surface area contributed by atoms with Gasteiger partial charge in [0.25, 0.3) is 0 Å². The molecule has 1 saturated carbocycles. The first-order valence-corrected chi connectivity index (χ1v) is 12.1. The largest absolute Gasteiger partial charge is 0.433 e. The first kappa shape index (κ1) is 22.6. The van der Waals surface area contributed by atoms with Gasteiger partial charge in [0.1, 0.15) is 11.4 Å². The summed E-state index contributed by atoms with van der Waals surface area (Å²) in [5, 5.41) is 0. The highest BCUT2D eigenvalue weighted by molar-refractivity contribution is 7.85. The van der Waals surface area contributed by atoms with E-state index in [1.54, 1.807) is 30.8 Å². The molecule has 0 amide bonds. The molecule has 7 nitrogen and oxygen atoms in total. The highest BCUT2D eigenvalue weighted by atomic mass is 32.2. The van der Waals surface area contributed by atoms with Crippen LogP contribution in [0.4, 0.5) is 13.2 Å². The van der Waals surface area contributed by atoms with Gasteiger partial charge in [0.15, 0.2) is 11.6 Å². The molecule has 1 atom stereocenters. The summed E-state index contributed by atoms with van der Waals surface area (Å²) in [7, 11) is 0.257. The van der Waals surface area contributed by atoms with Crippen LogP contribution < -0.4 is 0 Å². The number of aromatic nitrogens is 6. The van der Waals surface area contributed by atoms with Crippen molar-refractivity contribution in [2.24, 2.45) is 7.05 Å². The Bertz CT molecular complexity index is 1440. The van der Waals surface area contributed by atoms with E-state index in [9.17, 15) is 17.4 Å². The SMILES string of the molecule is CCS(=O)c1cc(-c2nc(C)cc(C3CC3)n2)cnc1-c1nc2cc(C(F)(F)F)ncc2n1C. The van der Waals surface area contributed by atoms with Crippen molar-refractivity contribution >= 4 is 21.8 Å². The van der Waals surface area contributed by atoms with Gasteiger partial charge in [0.05, 0.1) is 32.9 Å². The lowest BCUT2D eigenvalue weighted by molar-refractivity contribution is -0.141. The molecule has 0 aliphatic heterocycles. The van der Waals surface area contributed by atoms with E-state index in [0.717, 1.165) is 36.5 Å². The van der Waals surface area contributed by atoms with Crippen molar-refractivity contribution in [2.75, 3.05) is 5.75 Å². The molecular formula is C23H21F3N6OS. The molecule has 1 unspecified atom stereocenters. The number of pyridine rings is 2. The molecule has 4 heterocycles. The molecule has 176 valence electrons. The minimum Gasteiger partial charge on any atom is -0.325 e. The molecule has 0 saturated heterocycles. The molecule has 4 aromatic rings. The van der Waals surface area contributed by atoms with E-state index in [-0.39, 0.29) is 5.52 Å². The summed E-state index contributed by atoms with van der Waals surface area (Å²) in [5.74, 6) is 1.61. The van der Waals surface area contributed by atoms with Crippen LogP contribution in [0.1, 0.15) is 42.8 Å². The number of imidazole rings is 1. The Balaban J connectivity index is 1.64. The van der Waals surface area contributed by atoms with Gasteiger partial charge in [-0.1, -0.05) is 6.92 Å². The molecule has 1 aliphatic carbocycles. The Hall–Kier alpha value is -3.21. The fourth-order valence-electron chi connectivity index (χ4n) is 3.83. The van der Waals surface area contributed by atoms with Crippen LogP contribution in [0, 0.1) is 6.92 Å². The molecule has 0 radical (unpaired) electrons. The smallest absolute Gasteiger partial charge is 0.325 e. The zero-order valence-electron chi connectivity index (χ0n) is 18.7. The number of hydrogen-bond acceptors (Lipinski definition) is 6. The van der Waals surface area contributed by atoms with Crippen LogP contribution in [0.15, 0.2) is 35.5 Å². The van der Waals surface area contributed by atoms with E-state index >= 15 is 0 Å². The molecule has 0 bridgehead atoms. The molecule has 0 N–H and O–H groups in total. The number of alkyl halides is 3. The maximum Gasteiger partial charge on any atom is 0.433 e. The molecule has 34 heavy (non-hydrogen) atoms. The fourth-order valence-corrected chi connectivity index (χ4v) is 4.76. The highest BCUT2D eigenvalue weighted by Crippen LogP contribution is 2.40. The molecule has 1 fully saturated rings. The molecule has 5 rings (SSSR count). The van der Waals surface area contributed by atoms with Gasteiger partial charge >= 0.3 is 6.18 Å². The van der Waals surface area contributed by atoms with E-state index in [1.165, 1.54) is 0 Å². The molecular weight excluding hydrogens is 465 g/mol. The standard InChI is InChI=1S/C23H21F3N6OS/c1-4-34(33)18-8-14(21-29-12(2)7-15(30-21)13-5-6-13)10-28-20(18)22-31-16-9-19(23(24,25)26)27-11-17(16)32(22)3/h7-11,13H,4-6H2,1-3H3. The Morgan fingerprint density at radius 1 is 1.09 bits per heavy atom. The zero-order chi connectivity index (χ0) is 24.2. The van der Waals surface area contributed by atoms with Crippen LogP contribution in [-0.4, -0.2) is 39.4 Å². The average molecular weight is 487 g/mol. The molecule has 4 aromatic heterocycles.